The van der Waals surface area contributed by atoms with E-state index in [1.54, 1.807) is 6.20 Å². The molecular formula is C23H30N6. The van der Waals surface area contributed by atoms with Crippen LogP contribution in [0.25, 0.3) is 0 Å². The van der Waals surface area contributed by atoms with Crippen molar-refractivity contribution < 1.29 is 0 Å². The van der Waals surface area contributed by atoms with E-state index < -0.39 is 0 Å². The first kappa shape index (κ1) is 19.6. The summed E-state index contributed by atoms with van der Waals surface area (Å²) in [6.45, 7) is 6.17. The Morgan fingerprint density at radius 1 is 0.966 bits per heavy atom. The average molecular weight is 391 g/mol. The number of pyridine rings is 2. The van der Waals surface area contributed by atoms with Gasteiger partial charge in [-0.05, 0) is 62.8 Å². The molecule has 3 aromatic heterocycles. The van der Waals surface area contributed by atoms with Crippen molar-refractivity contribution >= 4 is 5.69 Å². The van der Waals surface area contributed by atoms with Gasteiger partial charge in [0.25, 0.3) is 0 Å². The molecule has 3 aromatic rings. The van der Waals surface area contributed by atoms with Gasteiger partial charge in [0.2, 0.25) is 0 Å². The van der Waals surface area contributed by atoms with Crippen LogP contribution in [0.1, 0.15) is 60.3 Å². The number of hydrogen-bond donors (Lipinski definition) is 1. The van der Waals surface area contributed by atoms with E-state index in [0.29, 0.717) is 17.8 Å². The van der Waals surface area contributed by atoms with Gasteiger partial charge < -0.3 is 5.73 Å². The van der Waals surface area contributed by atoms with Crippen molar-refractivity contribution in [2.45, 2.75) is 58.2 Å². The number of nitrogens with zero attached hydrogens (tertiary/aromatic N) is 5. The summed E-state index contributed by atoms with van der Waals surface area (Å²) in [5.41, 5.74) is 11.5. The molecule has 0 radical (unpaired) electrons. The second-order valence-electron chi connectivity index (χ2n) is 8.00. The first-order valence-electron chi connectivity index (χ1n) is 10.5. The lowest BCUT2D eigenvalue weighted by Crippen LogP contribution is -2.39. The number of nitrogen functional groups attached to an aromatic ring is 1. The zero-order valence-corrected chi connectivity index (χ0v) is 17.3. The molecule has 0 bridgehead atoms. The molecule has 4 heterocycles. The van der Waals surface area contributed by atoms with Crippen LogP contribution in [-0.2, 0) is 6.54 Å². The van der Waals surface area contributed by atoms with Crippen molar-refractivity contribution in [3.05, 3.63) is 71.6 Å². The minimum absolute atomic E-state index is 0.319. The van der Waals surface area contributed by atoms with Gasteiger partial charge >= 0.3 is 0 Å². The van der Waals surface area contributed by atoms with Gasteiger partial charge in [0, 0.05) is 31.7 Å². The van der Waals surface area contributed by atoms with Gasteiger partial charge in [-0.2, -0.15) is 5.10 Å². The summed E-state index contributed by atoms with van der Waals surface area (Å²) in [6.07, 6.45) is 11.9. The van der Waals surface area contributed by atoms with E-state index in [4.69, 9.17) is 15.7 Å². The number of likely N-dealkylation sites (tertiary alicyclic amines) is 1. The fourth-order valence-electron chi connectivity index (χ4n) is 4.56. The zero-order chi connectivity index (χ0) is 20.2. The van der Waals surface area contributed by atoms with Gasteiger partial charge in [0.1, 0.15) is 0 Å². The lowest BCUT2D eigenvalue weighted by atomic mass is 9.88. The van der Waals surface area contributed by atoms with Crippen molar-refractivity contribution in [3.8, 4) is 0 Å². The fourth-order valence-corrected chi connectivity index (χ4v) is 4.56. The zero-order valence-electron chi connectivity index (χ0n) is 17.3. The highest BCUT2D eigenvalue weighted by atomic mass is 15.3. The number of aromatic nitrogens is 4. The number of aryl methyl sites for hydroxylation is 3. The summed E-state index contributed by atoms with van der Waals surface area (Å²) in [5, 5.41) is 4.33. The summed E-state index contributed by atoms with van der Waals surface area (Å²) >= 11 is 0. The van der Waals surface area contributed by atoms with Crippen molar-refractivity contribution in [1.82, 2.24) is 24.6 Å². The minimum atomic E-state index is 0.319. The van der Waals surface area contributed by atoms with Crippen LogP contribution in [0, 0.1) is 13.8 Å². The molecule has 0 aromatic carbocycles. The molecular weight excluding hydrogens is 360 g/mol. The van der Waals surface area contributed by atoms with E-state index in [-0.39, 0.29) is 0 Å². The highest BCUT2D eigenvalue weighted by Gasteiger charge is 2.34. The summed E-state index contributed by atoms with van der Waals surface area (Å²) in [4.78, 5) is 12.2. The van der Waals surface area contributed by atoms with E-state index in [0.717, 1.165) is 32.4 Å². The van der Waals surface area contributed by atoms with Crippen LogP contribution in [0.15, 0.2) is 49.1 Å². The molecule has 2 atom stereocenters. The normalized spacial score (nSPS) is 20.1. The lowest BCUT2D eigenvalue weighted by molar-refractivity contribution is 0.0732. The third kappa shape index (κ3) is 4.32. The molecule has 4 rings (SSSR count). The highest BCUT2D eigenvalue weighted by Crippen LogP contribution is 2.42. The van der Waals surface area contributed by atoms with Gasteiger partial charge in [-0.15, -0.1) is 0 Å². The molecule has 2 unspecified atom stereocenters. The number of hydrogen-bond acceptors (Lipinski definition) is 5. The quantitative estimate of drug-likeness (QED) is 0.682. The highest BCUT2D eigenvalue weighted by molar-refractivity contribution is 5.30. The molecule has 0 saturated carbocycles. The van der Waals surface area contributed by atoms with Gasteiger partial charge in [-0.1, -0.05) is 12.1 Å². The molecule has 1 aliphatic rings. The molecule has 29 heavy (non-hydrogen) atoms. The van der Waals surface area contributed by atoms with Crippen molar-refractivity contribution in [2.24, 2.45) is 0 Å². The Balaban J connectivity index is 1.61. The van der Waals surface area contributed by atoms with Crippen LogP contribution in [0.3, 0.4) is 0 Å². The molecule has 0 amide bonds. The predicted octanol–water partition coefficient (Wildman–Crippen LogP) is 4.23. The first-order chi connectivity index (χ1) is 14.1. The SMILES string of the molecule is Cc1cccnc1C1CCCC(c2ncccc2C)N1CCCn1cc(N)cn1. The number of piperidine rings is 1. The molecule has 2 N–H and O–H groups in total. The number of rotatable bonds is 6. The van der Waals surface area contributed by atoms with Crippen molar-refractivity contribution in [3.63, 3.8) is 0 Å². The Hall–Kier alpha value is -2.73. The van der Waals surface area contributed by atoms with Gasteiger partial charge in [-0.3, -0.25) is 19.5 Å². The molecule has 6 nitrogen and oxygen atoms in total. The van der Waals surface area contributed by atoms with E-state index in [1.807, 2.05) is 35.4 Å². The Labute approximate surface area is 172 Å². The maximum Gasteiger partial charge on any atom is 0.0719 e. The summed E-state index contributed by atoms with van der Waals surface area (Å²) in [6, 6.07) is 9.02. The van der Waals surface area contributed by atoms with Crippen LogP contribution >= 0.6 is 0 Å². The third-order valence-corrected chi connectivity index (χ3v) is 5.94. The summed E-state index contributed by atoms with van der Waals surface area (Å²) in [7, 11) is 0. The topological polar surface area (TPSA) is 72.9 Å². The van der Waals surface area contributed by atoms with Gasteiger partial charge in [0.05, 0.1) is 35.4 Å². The molecule has 1 saturated heterocycles. The maximum absolute atomic E-state index is 5.81. The molecule has 152 valence electrons. The Morgan fingerprint density at radius 2 is 1.59 bits per heavy atom. The predicted molar refractivity (Wildman–Crippen MR) is 115 cm³/mol. The Kier molecular flexibility index (Phi) is 5.90. The van der Waals surface area contributed by atoms with Crippen LogP contribution in [0.4, 0.5) is 5.69 Å². The largest absolute Gasteiger partial charge is 0.396 e. The number of nitrogens with two attached hydrogens (primary N) is 1. The second-order valence-corrected chi connectivity index (χ2v) is 8.00. The lowest BCUT2D eigenvalue weighted by Gasteiger charge is -2.42. The van der Waals surface area contributed by atoms with Crippen LogP contribution in [-0.4, -0.2) is 31.2 Å². The van der Waals surface area contributed by atoms with Crippen LogP contribution < -0.4 is 5.73 Å². The van der Waals surface area contributed by atoms with Gasteiger partial charge in [-0.25, -0.2) is 0 Å². The standard InChI is InChI=1S/C23H30N6/c1-17-7-4-11-25-22(17)20-9-3-10-21(23-18(2)8-5-12-26-23)29(20)14-6-13-28-16-19(24)15-27-28/h4-5,7-8,11-12,15-16,20-21H,3,6,9-10,13-14,24H2,1-2H3. The molecule has 0 aliphatic carbocycles. The first-order valence-corrected chi connectivity index (χ1v) is 10.5. The average Bonchev–Trinajstić information content (AvgIpc) is 3.14. The number of anilines is 1. The summed E-state index contributed by atoms with van der Waals surface area (Å²) in [5.74, 6) is 0. The monoisotopic (exact) mass is 390 g/mol. The van der Waals surface area contributed by atoms with E-state index in [9.17, 15) is 0 Å². The molecule has 0 spiro atoms. The summed E-state index contributed by atoms with van der Waals surface area (Å²) < 4.78 is 1.93. The molecule has 1 fully saturated rings. The van der Waals surface area contributed by atoms with E-state index in [2.05, 4.69) is 36.0 Å². The van der Waals surface area contributed by atoms with Crippen LogP contribution in [0.2, 0.25) is 0 Å². The van der Waals surface area contributed by atoms with Crippen LogP contribution in [0.5, 0.6) is 0 Å². The third-order valence-electron chi connectivity index (χ3n) is 5.94. The maximum atomic E-state index is 5.81. The fraction of sp³-hybridized carbons (Fsp3) is 0.435. The Bertz CT molecular complexity index is 896. The Morgan fingerprint density at radius 3 is 2.10 bits per heavy atom. The second kappa shape index (κ2) is 8.74. The minimum Gasteiger partial charge on any atom is -0.396 e. The van der Waals surface area contributed by atoms with Gasteiger partial charge in [0.15, 0.2) is 0 Å². The van der Waals surface area contributed by atoms with E-state index in [1.165, 1.54) is 28.9 Å². The van der Waals surface area contributed by atoms with Crippen molar-refractivity contribution in [1.29, 1.82) is 0 Å². The van der Waals surface area contributed by atoms with Crippen molar-refractivity contribution in [2.75, 3.05) is 12.3 Å². The van der Waals surface area contributed by atoms with E-state index >= 15 is 0 Å². The smallest absolute Gasteiger partial charge is 0.0719 e. The molecule has 6 heteroatoms. The molecule has 1 aliphatic heterocycles.